The lowest BCUT2D eigenvalue weighted by Gasteiger charge is -2.22. The van der Waals surface area contributed by atoms with E-state index < -0.39 is 11.6 Å². The highest BCUT2D eigenvalue weighted by molar-refractivity contribution is 5.17. The molecule has 2 rings (SSSR count). The Morgan fingerprint density at radius 3 is 2.24 bits per heavy atom. The number of halogens is 2. The molecule has 0 amide bonds. The lowest BCUT2D eigenvalue weighted by Crippen LogP contribution is -3.10. The molecular weight excluding hydrogens is 220 g/mol. The number of rotatable bonds is 2. The van der Waals surface area contributed by atoms with Crippen molar-refractivity contribution in [2.24, 2.45) is 0 Å². The minimum Gasteiger partial charge on any atom is -0.331 e. The van der Waals surface area contributed by atoms with Crippen LogP contribution in [0.2, 0.25) is 0 Å². The summed E-state index contributed by atoms with van der Waals surface area (Å²) in [7, 11) is 0. The molecule has 1 N–H and O–H groups in total. The molecule has 0 radical (unpaired) electrons. The van der Waals surface area contributed by atoms with Crippen LogP contribution in [0.1, 0.15) is 37.7 Å². The Hall–Kier alpha value is -0.960. The van der Waals surface area contributed by atoms with E-state index in [1.54, 1.807) is 6.07 Å². The Morgan fingerprint density at radius 1 is 0.941 bits per heavy atom. The van der Waals surface area contributed by atoms with Gasteiger partial charge in [-0.1, -0.05) is 6.42 Å². The minimum absolute atomic E-state index is 0.403. The Balaban J connectivity index is 1.98. The summed E-state index contributed by atoms with van der Waals surface area (Å²) in [5, 5.41) is 0. The van der Waals surface area contributed by atoms with Crippen LogP contribution in [0.3, 0.4) is 0 Å². The van der Waals surface area contributed by atoms with Crippen molar-refractivity contribution in [2.75, 3.05) is 13.1 Å². The van der Waals surface area contributed by atoms with E-state index in [9.17, 15) is 8.78 Å². The minimum atomic E-state index is -0.492. The van der Waals surface area contributed by atoms with Crippen LogP contribution in [-0.2, 0) is 6.54 Å². The van der Waals surface area contributed by atoms with Crippen LogP contribution >= 0.6 is 0 Å². The molecule has 1 aliphatic rings. The summed E-state index contributed by atoms with van der Waals surface area (Å²) in [5.74, 6) is -0.895. The van der Waals surface area contributed by atoms with Gasteiger partial charge < -0.3 is 4.90 Å². The first-order chi connectivity index (χ1) is 8.25. The van der Waals surface area contributed by atoms with Crippen molar-refractivity contribution in [3.8, 4) is 0 Å². The Labute approximate surface area is 101 Å². The van der Waals surface area contributed by atoms with Crippen molar-refractivity contribution in [3.05, 3.63) is 35.4 Å². The number of quaternary nitrogens is 1. The molecule has 17 heavy (non-hydrogen) atoms. The molecule has 1 saturated heterocycles. The molecule has 0 saturated carbocycles. The zero-order valence-corrected chi connectivity index (χ0v) is 10.1. The standard InChI is InChI=1S/C14H19F2N/c15-13-7-6-12(14(16)10-13)11-17-8-4-2-1-3-5-9-17/h6-7,10H,1-5,8-9,11H2/p+1. The highest BCUT2D eigenvalue weighted by Crippen LogP contribution is 2.09. The fourth-order valence-corrected chi connectivity index (χ4v) is 2.52. The van der Waals surface area contributed by atoms with Crippen LogP contribution in [0.15, 0.2) is 18.2 Å². The van der Waals surface area contributed by atoms with Gasteiger partial charge in [0.25, 0.3) is 0 Å². The monoisotopic (exact) mass is 240 g/mol. The van der Waals surface area contributed by atoms with Gasteiger partial charge >= 0.3 is 0 Å². The molecule has 1 nitrogen and oxygen atoms in total. The summed E-state index contributed by atoms with van der Waals surface area (Å²) in [6.45, 7) is 2.90. The van der Waals surface area contributed by atoms with Crippen molar-refractivity contribution in [1.82, 2.24) is 0 Å². The number of likely N-dealkylation sites (tertiary alicyclic amines) is 1. The fourth-order valence-electron chi connectivity index (χ4n) is 2.52. The van der Waals surface area contributed by atoms with E-state index in [4.69, 9.17) is 0 Å². The Morgan fingerprint density at radius 2 is 1.59 bits per heavy atom. The number of hydrogen-bond acceptors (Lipinski definition) is 0. The first kappa shape index (κ1) is 12.5. The van der Waals surface area contributed by atoms with Crippen molar-refractivity contribution in [1.29, 1.82) is 0 Å². The molecule has 0 atom stereocenters. The number of benzene rings is 1. The van der Waals surface area contributed by atoms with Crippen LogP contribution in [0.5, 0.6) is 0 Å². The molecule has 0 aromatic heterocycles. The Kier molecular flexibility index (Phi) is 4.49. The summed E-state index contributed by atoms with van der Waals surface area (Å²) in [5.41, 5.74) is 0.641. The predicted octanol–water partition coefficient (Wildman–Crippen LogP) is 2.31. The molecule has 0 aliphatic carbocycles. The summed E-state index contributed by atoms with van der Waals surface area (Å²) in [6.07, 6.45) is 6.35. The van der Waals surface area contributed by atoms with Gasteiger partial charge in [0, 0.05) is 11.6 Å². The van der Waals surface area contributed by atoms with E-state index >= 15 is 0 Å². The summed E-state index contributed by atoms with van der Waals surface area (Å²) in [6, 6.07) is 3.91. The number of nitrogens with one attached hydrogen (secondary N) is 1. The smallest absolute Gasteiger partial charge is 0.134 e. The molecule has 0 spiro atoms. The molecule has 1 heterocycles. The molecule has 0 bridgehead atoms. The maximum absolute atomic E-state index is 13.5. The van der Waals surface area contributed by atoms with Gasteiger partial charge in [0.1, 0.15) is 18.2 Å². The third-order valence-electron chi connectivity index (χ3n) is 3.52. The first-order valence-electron chi connectivity index (χ1n) is 6.53. The molecule has 3 heteroatoms. The van der Waals surface area contributed by atoms with Crippen molar-refractivity contribution in [2.45, 2.75) is 38.6 Å². The lowest BCUT2D eigenvalue weighted by molar-refractivity contribution is -0.915. The summed E-state index contributed by atoms with van der Waals surface area (Å²) < 4.78 is 26.3. The van der Waals surface area contributed by atoms with Gasteiger partial charge in [-0.3, -0.25) is 0 Å². The second-order valence-electron chi connectivity index (χ2n) is 4.93. The van der Waals surface area contributed by atoms with Gasteiger partial charge in [-0.05, 0) is 37.8 Å². The van der Waals surface area contributed by atoms with Gasteiger partial charge in [0.05, 0.1) is 13.1 Å². The highest BCUT2D eigenvalue weighted by atomic mass is 19.1. The largest absolute Gasteiger partial charge is 0.331 e. The van der Waals surface area contributed by atoms with Gasteiger partial charge in [-0.25, -0.2) is 8.78 Å². The van der Waals surface area contributed by atoms with E-state index in [1.165, 1.54) is 43.1 Å². The van der Waals surface area contributed by atoms with Crippen LogP contribution in [0, 0.1) is 11.6 Å². The van der Waals surface area contributed by atoms with Crippen LogP contribution in [-0.4, -0.2) is 13.1 Å². The van der Waals surface area contributed by atoms with E-state index in [1.807, 2.05) is 0 Å². The average molecular weight is 240 g/mol. The Bertz CT molecular complexity index is 357. The second kappa shape index (κ2) is 6.10. The first-order valence-corrected chi connectivity index (χ1v) is 6.53. The maximum atomic E-state index is 13.5. The third-order valence-corrected chi connectivity index (χ3v) is 3.52. The molecule has 1 aliphatic heterocycles. The van der Waals surface area contributed by atoms with Gasteiger partial charge in [-0.15, -0.1) is 0 Å². The molecule has 1 aromatic rings. The zero-order valence-electron chi connectivity index (χ0n) is 10.1. The fraction of sp³-hybridized carbons (Fsp3) is 0.571. The molecule has 0 unspecified atom stereocenters. The third kappa shape index (κ3) is 3.77. The van der Waals surface area contributed by atoms with E-state index in [2.05, 4.69) is 0 Å². The van der Waals surface area contributed by atoms with Crippen molar-refractivity contribution < 1.29 is 13.7 Å². The highest BCUT2D eigenvalue weighted by Gasteiger charge is 2.14. The summed E-state index contributed by atoms with van der Waals surface area (Å²) in [4.78, 5) is 1.43. The average Bonchev–Trinajstić information content (AvgIpc) is 2.25. The zero-order chi connectivity index (χ0) is 12.1. The normalized spacial score (nSPS) is 18.7. The van der Waals surface area contributed by atoms with E-state index in [-0.39, 0.29) is 0 Å². The molecule has 1 fully saturated rings. The maximum Gasteiger partial charge on any atom is 0.134 e. The van der Waals surface area contributed by atoms with E-state index in [0.717, 1.165) is 19.2 Å². The number of hydrogen-bond donors (Lipinski definition) is 1. The molecule has 94 valence electrons. The van der Waals surface area contributed by atoms with Crippen LogP contribution < -0.4 is 4.90 Å². The van der Waals surface area contributed by atoms with Gasteiger partial charge in [-0.2, -0.15) is 0 Å². The van der Waals surface area contributed by atoms with E-state index in [0.29, 0.717) is 12.1 Å². The van der Waals surface area contributed by atoms with Crippen molar-refractivity contribution in [3.63, 3.8) is 0 Å². The van der Waals surface area contributed by atoms with Crippen LogP contribution in [0.4, 0.5) is 8.78 Å². The topological polar surface area (TPSA) is 4.44 Å². The van der Waals surface area contributed by atoms with Gasteiger partial charge in [0.15, 0.2) is 0 Å². The van der Waals surface area contributed by atoms with Crippen molar-refractivity contribution >= 4 is 0 Å². The molecular formula is C14H20F2N+. The summed E-state index contributed by atoms with van der Waals surface area (Å²) >= 11 is 0. The molecule has 1 aromatic carbocycles. The van der Waals surface area contributed by atoms with Crippen LogP contribution in [0.25, 0.3) is 0 Å². The SMILES string of the molecule is Fc1ccc(C[NH+]2CCCCCCC2)c(F)c1. The van der Waals surface area contributed by atoms with Gasteiger partial charge in [0.2, 0.25) is 0 Å². The lowest BCUT2D eigenvalue weighted by atomic mass is 10.1. The second-order valence-corrected chi connectivity index (χ2v) is 4.93. The predicted molar refractivity (Wildman–Crippen MR) is 63.8 cm³/mol. The quantitative estimate of drug-likeness (QED) is 0.809.